The van der Waals surface area contributed by atoms with Gasteiger partial charge in [-0.25, -0.2) is 0 Å². The number of hydrogen-bond donors (Lipinski definition) is 2. The lowest BCUT2D eigenvalue weighted by atomic mass is 9.95. The molecule has 0 saturated heterocycles. The molecular formula is C17H22N2. The molecule has 0 aliphatic carbocycles. The molecule has 0 spiro atoms. The van der Waals surface area contributed by atoms with Crippen molar-refractivity contribution in [2.45, 2.75) is 32.7 Å². The monoisotopic (exact) mass is 254 g/mol. The van der Waals surface area contributed by atoms with Gasteiger partial charge >= 0.3 is 0 Å². The zero-order valence-electron chi connectivity index (χ0n) is 11.7. The number of rotatable bonds is 5. The first-order valence-electron chi connectivity index (χ1n) is 6.84. The van der Waals surface area contributed by atoms with Crippen LogP contribution in [0, 0.1) is 6.92 Å². The minimum absolute atomic E-state index is 0.160. The molecule has 0 heterocycles. The maximum Gasteiger partial charge on any atom is 0.0500 e. The van der Waals surface area contributed by atoms with Crippen molar-refractivity contribution in [2.75, 3.05) is 0 Å². The maximum absolute atomic E-state index is 5.74. The van der Waals surface area contributed by atoms with Crippen molar-refractivity contribution in [2.24, 2.45) is 5.84 Å². The van der Waals surface area contributed by atoms with Crippen LogP contribution in [-0.2, 0) is 12.8 Å². The molecule has 2 rings (SSSR count). The molecule has 2 heteroatoms. The fourth-order valence-electron chi connectivity index (χ4n) is 2.36. The van der Waals surface area contributed by atoms with Crippen LogP contribution in [0.2, 0.25) is 0 Å². The molecule has 2 aromatic rings. The molecule has 0 saturated carbocycles. The molecule has 3 N–H and O–H groups in total. The van der Waals surface area contributed by atoms with Crippen molar-refractivity contribution in [3.8, 4) is 0 Å². The van der Waals surface area contributed by atoms with Crippen molar-refractivity contribution in [3.63, 3.8) is 0 Å². The van der Waals surface area contributed by atoms with Crippen LogP contribution in [0.5, 0.6) is 0 Å². The highest BCUT2D eigenvalue weighted by Gasteiger charge is 2.11. The fourth-order valence-corrected chi connectivity index (χ4v) is 2.36. The predicted molar refractivity (Wildman–Crippen MR) is 80.8 cm³/mol. The number of aryl methyl sites for hydroxylation is 2. The van der Waals surface area contributed by atoms with Gasteiger partial charge < -0.3 is 0 Å². The molecule has 19 heavy (non-hydrogen) atoms. The quantitative estimate of drug-likeness (QED) is 0.634. The van der Waals surface area contributed by atoms with Crippen molar-refractivity contribution in [3.05, 3.63) is 70.8 Å². The molecule has 1 atom stereocenters. The van der Waals surface area contributed by atoms with Crippen LogP contribution in [0.25, 0.3) is 0 Å². The van der Waals surface area contributed by atoms with Gasteiger partial charge in [-0.1, -0.05) is 55.5 Å². The van der Waals surface area contributed by atoms with Crippen LogP contribution in [-0.4, -0.2) is 0 Å². The van der Waals surface area contributed by atoms with Gasteiger partial charge in [0.15, 0.2) is 0 Å². The first kappa shape index (κ1) is 13.8. The molecule has 0 radical (unpaired) electrons. The van der Waals surface area contributed by atoms with Gasteiger partial charge in [-0.2, -0.15) is 0 Å². The van der Waals surface area contributed by atoms with Crippen molar-refractivity contribution >= 4 is 0 Å². The molecule has 2 aromatic carbocycles. The zero-order chi connectivity index (χ0) is 13.7. The van der Waals surface area contributed by atoms with Gasteiger partial charge in [-0.15, -0.1) is 0 Å². The lowest BCUT2D eigenvalue weighted by Crippen LogP contribution is -2.29. The normalized spacial score (nSPS) is 12.4. The highest BCUT2D eigenvalue weighted by atomic mass is 15.2. The summed E-state index contributed by atoms with van der Waals surface area (Å²) in [5, 5.41) is 0. The van der Waals surface area contributed by atoms with E-state index in [0.717, 1.165) is 12.8 Å². The molecule has 0 amide bonds. The Labute approximate surface area is 115 Å². The van der Waals surface area contributed by atoms with Gasteiger partial charge in [0.1, 0.15) is 0 Å². The Balaban J connectivity index is 2.22. The minimum atomic E-state index is 0.160. The Morgan fingerprint density at radius 1 is 1.11 bits per heavy atom. The van der Waals surface area contributed by atoms with Gasteiger partial charge in [0.05, 0.1) is 0 Å². The molecule has 0 aromatic heterocycles. The summed E-state index contributed by atoms with van der Waals surface area (Å²) in [6, 6.07) is 17.3. The molecule has 0 bridgehead atoms. The van der Waals surface area contributed by atoms with E-state index in [1.807, 2.05) is 0 Å². The summed E-state index contributed by atoms with van der Waals surface area (Å²) in [5.74, 6) is 5.74. The second-order valence-electron chi connectivity index (χ2n) is 4.95. The van der Waals surface area contributed by atoms with Crippen molar-refractivity contribution in [1.29, 1.82) is 0 Å². The van der Waals surface area contributed by atoms with Gasteiger partial charge in [0.25, 0.3) is 0 Å². The average molecular weight is 254 g/mol. The van der Waals surface area contributed by atoms with E-state index in [9.17, 15) is 0 Å². The van der Waals surface area contributed by atoms with E-state index in [4.69, 9.17) is 5.84 Å². The third kappa shape index (κ3) is 3.43. The number of hydrazine groups is 1. The number of nitrogens with one attached hydrogen (secondary N) is 1. The molecular weight excluding hydrogens is 232 g/mol. The fraction of sp³-hybridized carbons (Fsp3) is 0.294. The predicted octanol–water partition coefficient (Wildman–Crippen LogP) is 3.30. The number of benzene rings is 2. The first-order chi connectivity index (χ1) is 9.24. The van der Waals surface area contributed by atoms with E-state index in [1.54, 1.807) is 0 Å². The second kappa shape index (κ2) is 6.50. The Morgan fingerprint density at radius 3 is 2.58 bits per heavy atom. The third-order valence-electron chi connectivity index (χ3n) is 3.65. The highest BCUT2D eigenvalue weighted by Crippen LogP contribution is 2.21. The van der Waals surface area contributed by atoms with Crippen LogP contribution in [0.4, 0.5) is 0 Å². The molecule has 0 aliphatic heterocycles. The smallest absolute Gasteiger partial charge is 0.0500 e. The Bertz CT molecular complexity index is 534. The SMILES string of the molecule is CCc1cccc(C(Cc2ccccc2C)NN)c1. The molecule has 2 nitrogen and oxygen atoms in total. The van der Waals surface area contributed by atoms with Gasteiger partial charge in [-0.3, -0.25) is 11.3 Å². The van der Waals surface area contributed by atoms with Gasteiger partial charge in [-0.05, 0) is 42.0 Å². The second-order valence-corrected chi connectivity index (χ2v) is 4.95. The van der Waals surface area contributed by atoms with E-state index in [1.165, 1.54) is 22.3 Å². The molecule has 100 valence electrons. The van der Waals surface area contributed by atoms with Crippen LogP contribution in [0.3, 0.4) is 0 Å². The molecule has 0 fully saturated rings. The van der Waals surface area contributed by atoms with E-state index in [2.05, 4.69) is 67.8 Å². The standard InChI is InChI=1S/C17H22N2/c1-3-14-8-6-10-16(11-14)17(19-18)12-15-9-5-4-7-13(15)2/h4-11,17,19H,3,12,18H2,1-2H3. The summed E-state index contributed by atoms with van der Waals surface area (Å²) < 4.78 is 0. The van der Waals surface area contributed by atoms with Crippen LogP contribution in [0.1, 0.15) is 35.2 Å². The Hall–Kier alpha value is -1.64. The Morgan fingerprint density at radius 2 is 1.89 bits per heavy atom. The minimum Gasteiger partial charge on any atom is -0.271 e. The third-order valence-corrected chi connectivity index (χ3v) is 3.65. The summed E-state index contributed by atoms with van der Waals surface area (Å²) in [4.78, 5) is 0. The number of hydrogen-bond acceptors (Lipinski definition) is 2. The van der Waals surface area contributed by atoms with Gasteiger partial charge in [0, 0.05) is 6.04 Å². The van der Waals surface area contributed by atoms with E-state index >= 15 is 0 Å². The largest absolute Gasteiger partial charge is 0.271 e. The lowest BCUT2D eigenvalue weighted by molar-refractivity contribution is 0.550. The van der Waals surface area contributed by atoms with E-state index < -0.39 is 0 Å². The summed E-state index contributed by atoms with van der Waals surface area (Å²) in [6.45, 7) is 4.32. The molecule has 1 unspecified atom stereocenters. The lowest BCUT2D eigenvalue weighted by Gasteiger charge is -2.18. The highest BCUT2D eigenvalue weighted by molar-refractivity contribution is 5.31. The summed E-state index contributed by atoms with van der Waals surface area (Å²) in [7, 11) is 0. The average Bonchev–Trinajstić information content (AvgIpc) is 2.46. The maximum atomic E-state index is 5.74. The van der Waals surface area contributed by atoms with E-state index in [-0.39, 0.29) is 6.04 Å². The van der Waals surface area contributed by atoms with Crippen molar-refractivity contribution in [1.82, 2.24) is 5.43 Å². The topological polar surface area (TPSA) is 38.0 Å². The van der Waals surface area contributed by atoms with Crippen molar-refractivity contribution < 1.29 is 0 Å². The Kier molecular flexibility index (Phi) is 4.72. The summed E-state index contributed by atoms with van der Waals surface area (Å²) in [5.41, 5.74) is 8.20. The van der Waals surface area contributed by atoms with E-state index in [0.29, 0.717) is 0 Å². The van der Waals surface area contributed by atoms with Crippen LogP contribution in [0.15, 0.2) is 48.5 Å². The summed E-state index contributed by atoms with van der Waals surface area (Å²) in [6.07, 6.45) is 1.96. The van der Waals surface area contributed by atoms with Crippen LogP contribution < -0.4 is 11.3 Å². The summed E-state index contributed by atoms with van der Waals surface area (Å²) >= 11 is 0. The zero-order valence-corrected chi connectivity index (χ0v) is 11.7. The molecule has 0 aliphatic rings. The number of nitrogens with two attached hydrogens (primary N) is 1. The first-order valence-corrected chi connectivity index (χ1v) is 6.84. The van der Waals surface area contributed by atoms with Crippen LogP contribution >= 0.6 is 0 Å². The van der Waals surface area contributed by atoms with Gasteiger partial charge in [0.2, 0.25) is 0 Å².